The van der Waals surface area contributed by atoms with Crippen LogP contribution in [0.5, 0.6) is 0 Å². The van der Waals surface area contributed by atoms with Crippen molar-refractivity contribution in [3.63, 3.8) is 0 Å². The average Bonchev–Trinajstić information content (AvgIpc) is 2.98. The van der Waals surface area contributed by atoms with Gasteiger partial charge in [0.2, 0.25) is 5.91 Å². The quantitative estimate of drug-likeness (QED) is 0.330. The topological polar surface area (TPSA) is 60.9 Å². The minimum atomic E-state index is -4.65. The number of para-hydroxylation sites is 1. The molecular weight excluding hydrogens is 529 g/mol. The molecular formula is C33H27F3N2O3. The number of halogens is 3. The lowest BCUT2D eigenvalue weighted by Crippen LogP contribution is -2.63. The zero-order chi connectivity index (χ0) is 28.8. The van der Waals surface area contributed by atoms with E-state index in [1.54, 1.807) is 77.7 Å². The third-order valence-corrected chi connectivity index (χ3v) is 8.07. The Hall–Kier alpha value is -4.43. The molecule has 1 N–H and O–H groups in total. The molecule has 41 heavy (non-hydrogen) atoms. The van der Waals surface area contributed by atoms with E-state index in [-0.39, 0.29) is 31.2 Å². The summed E-state index contributed by atoms with van der Waals surface area (Å²) in [6.45, 7) is -1.50. The van der Waals surface area contributed by atoms with Gasteiger partial charge >= 0.3 is 6.18 Å². The second-order valence-electron chi connectivity index (χ2n) is 10.5. The Labute approximate surface area is 235 Å². The van der Waals surface area contributed by atoms with Crippen molar-refractivity contribution in [2.75, 3.05) is 11.4 Å². The number of aliphatic hydroxyl groups excluding tert-OH is 1. The molecule has 5 nitrogen and oxygen atoms in total. The highest BCUT2D eigenvalue weighted by Gasteiger charge is 2.60. The summed E-state index contributed by atoms with van der Waals surface area (Å²) in [4.78, 5) is 31.4. The highest BCUT2D eigenvalue weighted by atomic mass is 19.4. The summed E-state index contributed by atoms with van der Waals surface area (Å²) in [6.07, 6.45) is -4.54. The molecule has 0 saturated carbocycles. The lowest BCUT2D eigenvalue weighted by Gasteiger charge is -2.53. The molecule has 4 aromatic rings. The van der Waals surface area contributed by atoms with Gasteiger partial charge in [0.1, 0.15) is 12.0 Å². The molecule has 0 saturated heterocycles. The van der Waals surface area contributed by atoms with E-state index in [2.05, 4.69) is 0 Å². The first-order valence-electron chi connectivity index (χ1n) is 13.3. The molecule has 2 aliphatic heterocycles. The first-order chi connectivity index (χ1) is 19.7. The number of hydrogen-bond acceptors (Lipinski definition) is 3. The number of aliphatic hydroxyl groups is 1. The normalized spacial score (nSPS) is 20.2. The predicted octanol–water partition coefficient (Wildman–Crippen LogP) is 5.97. The van der Waals surface area contributed by atoms with Crippen LogP contribution in [0.1, 0.15) is 44.2 Å². The first-order valence-corrected chi connectivity index (χ1v) is 13.3. The van der Waals surface area contributed by atoms with E-state index in [1.807, 2.05) is 30.3 Å². The van der Waals surface area contributed by atoms with Crippen LogP contribution in [0.4, 0.5) is 18.9 Å². The third-order valence-electron chi connectivity index (χ3n) is 8.07. The Kier molecular flexibility index (Phi) is 6.66. The Morgan fingerprint density at radius 3 is 2.17 bits per heavy atom. The standard InChI is InChI=1S/C33H27F3N2O3/c34-33(35,36)21-38-28-13-7-4-10-25(28)18-32(31(38)41)27-12-6-5-11-26(27)30(40)37(19-22-8-2-1-3-9-22)29(32)24-16-14-23(20-39)15-17-24/h1-17,29,39H,18-21H2/t29-,32-/m0/s1. The van der Waals surface area contributed by atoms with Gasteiger partial charge in [0.05, 0.1) is 12.6 Å². The van der Waals surface area contributed by atoms with Gasteiger partial charge in [-0.05, 0) is 46.4 Å². The molecule has 0 unspecified atom stereocenters. The van der Waals surface area contributed by atoms with Crippen molar-refractivity contribution in [3.8, 4) is 0 Å². The van der Waals surface area contributed by atoms with Gasteiger partial charge in [-0.15, -0.1) is 0 Å². The number of carbonyl (C=O) groups excluding carboxylic acids is 2. The summed E-state index contributed by atoms with van der Waals surface area (Å²) < 4.78 is 42.0. The van der Waals surface area contributed by atoms with E-state index in [0.29, 0.717) is 27.8 Å². The number of rotatable bonds is 5. The average molecular weight is 557 g/mol. The van der Waals surface area contributed by atoms with Crippen LogP contribution in [0, 0.1) is 0 Å². The van der Waals surface area contributed by atoms with Crippen LogP contribution in [0.25, 0.3) is 0 Å². The molecule has 0 fully saturated rings. The van der Waals surface area contributed by atoms with Crippen LogP contribution in [0.2, 0.25) is 0 Å². The molecule has 0 bridgehead atoms. The summed E-state index contributed by atoms with van der Waals surface area (Å²) in [7, 11) is 0. The van der Waals surface area contributed by atoms with Crippen LogP contribution in [0.3, 0.4) is 0 Å². The second-order valence-corrected chi connectivity index (χ2v) is 10.5. The second kappa shape index (κ2) is 10.2. The summed E-state index contributed by atoms with van der Waals surface area (Å²) in [5.41, 5.74) is 2.04. The van der Waals surface area contributed by atoms with Crippen LogP contribution in [0.15, 0.2) is 103 Å². The maximum Gasteiger partial charge on any atom is 0.406 e. The van der Waals surface area contributed by atoms with Gasteiger partial charge in [0, 0.05) is 17.8 Å². The van der Waals surface area contributed by atoms with E-state index >= 15 is 0 Å². The molecule has 6 rings (SSSR count). The fourth-order valence-electron chi connectivity index (χ4n) is 6.37. The van der Waals surface area contributed by atoms with Crippen molar-refractivity contribution in [3.05, 3.63) is 137 Å². The monoisotopic (exact) mass is 556 g/mol. The van der Waals surface area contributed by atoms with Crippen molar-refractivity contribution >= 4 is 17.5 Å². The van der Waals surface area contributed by atoms with E-state index in [1.165, 1.54) is 0 Å². The van der Waals surface area contributed by atoms with Gasteiger partial charge in [0.15, 0.2) is 0 Å². The minimum absolute atomic E-state index is 0.109. The van der Waals surface area contributed by atoms with Gasteiger partial charge in [0.25, 0.3) is 5.91 Å². The summed E-state index contributed by atoms with van der Waals surface area (Å²) in [6, 6.07) is 28.7. The van der Waals surface area contributed by atoms with Gasteiger partial charge in [-0.25, -0.2) is 0 Å². The Balaban J connectivity index is 1.64. The van der Waals surface area contributed by atoms with Crippen LogP contribution >= 0.6 is 0 Å². The van der Waals surface area contributed by atoms with Crippen LogP contribution in [-0.4, -0.2) is 34.5 Å². The van der Waals surface area contributed by atoms with Crippen molar-refractivity contribution in [1.82, 2.24) is 4.90 Å². The number of carbonyl (C=O) groups is 2. The van der Waals surface area contributed by atoms with Crippen molar-refractivity contribution in [1.29, 1.82) is 0 Å². The summed E-state index contributed by atoms with van der Waals surface area (Å²) in [5.74, 6) is -1.01. The van der Waals surface area contributed by atoms with Crippen LogP contribution in [-0.2, 0) is 29.8 Å². The number of benzene rings is 4. The first kappa shape index (κ1) is 26.8. The fourth-order valence-corrected chi connectivity index (χ4v) is 6.37. The Morgan fingerprint density at radius 1 is 0.805 bits per heavy atom. The third kappa shape index (κ3) is 4.58. The minimum Gasteiger partial charge on any atom is -0.392 e. The van der Waals surface area contributed by atoms with Crippen molar-refractivity contribution in [2.45, 2.75) is 37.2 Å². The van der Waals surface area contributed by atoms with E-state index in [4.69, 9.17) is 0 Å². The number of nitrogens with zero attached hydrogens (tertiary/aromatic N) is 2. The van der Waals surface area contributed by atoms with Crippen molar-refractivity contribution < 1.29 is 27.9 Å². The zero-order valence-corrected chi connectivity index (χ0v) is 22.0. The number of fused-ring (bicyclic) bond motifs is 3. The van der Waals surface area contributed by atoms with E-state index in [9.17, 15) is 27.9 Å². The molecule has 1 spiro atoms. The number of anilines is 1. The van der Waals surface area contributed by atoms with Crippen molar-refractivity contribution in [2.24, 2.45) is 0 Å². The smallest absolute Gasteiger partial charge is 0.392 e. The van der Waals surface area contributed by atoms with Gasteiger partial charge in [-0.2, -0.15) is 13.2 Å². The number of hydrogen-bond donors (Lipinski definition) is 1. The maximum atomic E-state index is 14.8. The molecule has 2 heterocycles. The van der Waals surface area contributed by atoms with Gasteiger partial charge in [-0.3, -0.25) is 9.59 Å². The molecule has 2 aliphatic rings. The van der Waals surface area contributed by atoms with Gasteiger partial charge in [-0.1, -0.05) is 91.0 Å². The molecule has 2 atom stereocenters. The van der Waals surface area contributed by atoms with E-state index < -0.39 is 30.1 Å². The zero-order valence-electron chi connectivity index (χ0n) is 22.0. The maximum absolute atomic E-state index is 14.8. The molecule has 0 aliphatic carbocycles. The molecule has 208 valence electrons. The van der Waals surface area contributed by atoms with E-state index in [0.717, 1.165) is 10.5 Å². The number of amides is 2. The summed E-state index contributed by atoms with van der Waals surface area (Å²) in [5, 5.41) is 9.66. The molecule has 0 aromatic heterocycles. The van der Waals surface area contributed by atoms with Gasteiger partial charge < -0.3 is 14.9 Å². The molecule has 8 heteroatoms. The molecule has 4 aromatic carbocycles. The molecule has 0 radical (unpaired) electrons. The predicted molar refractivity (Wildman–Crippen MR) is 148 cm³/mol. The highest BCUT2D eigenvalue weighted by Crippen LogP contribution is 2.54. The Bertz CT molecular complexity index is 1600. The highest BCUT2D eigenvalue weighted by molar-refractivity contribution is 6.10. The fraction of sp³-hybridized carbons (Fsp3) is 0.212. The number of alkyl halides is 3. The largest absolute Gasteiger partial charge is 0.406 e. The Morgan fingerprint density at radius 2 is 1.46 bits per heavy atom. The summed E-state index contributed by atoms with van der Waals surface area (Å²) >= 11 is 0. The molecule has 2 amide bonds. The van der Waals surface area contributed by atoms with Crippen LogP contribution < -0.4 is 4.90 Å². The SMILES string of the molecule is O=C1c2ccccc2[C@@]2(Cc3ccccc3N(CC(F)(F)F)C2=O)[C@H](c2ccc(CO)cc2)N1Cc1ccccc1. The lowest BCUT2D eigenvalue weighted by atomic mass is 9.61. The lowest BCUT2D eigenvalue weighted by molar-refractivity contribution is -0.138.